The molecule has 0 saturated carbocycles. The Bertz CT molecular complexity index is 698. The topological polar surface area (TPSA) is 68.1 Å². The van der Waals surface area contributed by atoms with Gasteiger partial charge in [-0.3, -0.25) is 4.99 Å². The van der Waals surface area contributed by atoms with Crippen molar-refractivity contribution in [2.75, 3.05) is 13.2 Å². The number of nitrogens with zero attached hydrogens (tertiary/aromatic N) is 1. The van der Waals surface area contributed by atoms with E-state index in [1.165, 1.54) is 0 Å². The number of rotatable bonds is 7. The summed E-state index contributed by atoms with van der Waals surface area (Å²) in [6.45, 7) is 2.15. The third-order valence-electron chi connectivity index (χ3n) is 2.82. The number of carbonyl (C=O) groups is 1. The van der Waals surface area contributed by atoms with E-state index in [2.05, 4.69) is 20.9 Å². The number of hydrogen-bond acceptors (Lipinski definition) is 4. The lowest BCUT2D eigenvalue weighted by atomic mass is 10.2. The average Bonchev–Trinajstić information content (AvgIpc) is 2.53. The molecule has 23 heavy (non-hydrogen) atoms. The van der Waals surface area contributed by atoms with Crippen molar-refractivity contribution in [2.24, 2.45) is 4.99 Å². The highest BCUT2D eigenvalue weighted by atomic mass is 79.9. The molecule has 0 spiro atoms. The van der Waals surface area contributed by atoms with Crippen LogP contribution in [0.4, 0.5) is 5.69 Å². The fraction of sp³-hybridized carbons (Fsp3) is 0.176. The van der Waals surface area contributed by atoms with Crippen LogP contribution in [0.3, 0.4) is 0 Å². The first kappa shape index (κ1) is 17.0. The lowest BCUT2D eigenvalue weighted by Gasteiger charge is -2.07. The van der Waals surface area contributed by atoms with E-state index >= 15 is 0 Å². The van der Waals surface area contributed by atoms with E-state index in [1.807, 2.05) is 37.3 Å². The Morgan fingerprint density at radius 2 is 1.96 bits per heavy atom. The molecule has 0 atom stereocenters. The van der Waals surface area contributed by atoms with Gasteiger partial charge >= 0.3 is 5.97 Å². The van der Waals surface area contributed by atoms with Crippen molar-refractivity contribution in [1.29, 1.82) is 0 Å². The minimum atomic E-state index is -1.03. The Hall–Kier alpha value is -2.34. The molecule has 6 heteroatoms. The maximum Gasteiger partial charge on any atom is 0.341 e. The third-order valence-corrected chi connectivity index (χ3v) is 3.32. The van der Waals surface area contributed by atoms with Crippen LogP contribution in [0, 0.1) is 0 Å². The Morgan fingerprint density at radius 1 is 1.22 bits per heavy atom. The summed E-state index contributed by atoms with van der Waals surface area (Å²) in [5, 5.41) is 8.72. The average molecular weight is 378 g/mol. The maximum atomic E-state index is 10.6. The summed E-state index contributed by atoms with van der Waals surface area (Å²) in [6.07, 6.45) is 1.64. The van der Waals surface area contributed by atoms with Gasteiger partial charge in [-0.25, -0.2) is 4.79 Å². The molecule has 2 aromatic rings. The molecule has 0 unspecified atom stereocenters. The van der Waals surface area contributed by atoms with E-state index in [0.29, 0.717) is 17.9 Å². The number of aliphatic imine (C=N–C) groups is 1. The second-order valence-corrected chi connectivity index (χ2v) is 5.47. The summed E-state index contributed by atoms with van der Waals surface area (Å²) in [5.74, 6) is 0.229. The van der Waals surface area contributed by atoms with Crippen molar-refractivity contribution in [2.45, 2.75) is 6.92 Å². The normalized spacial score (nSPS) is 10.7. The van der Waals surface area contributed by atoms with Gasteiger partial charge in [0.2, 0.25) is 0 Å². The molecule has 0 aromatic heterocycles. The standard InChI is InChI=1S/C17H16BrNO4/c1-2-22-15-6-4-14(5-7-15)19-10-12-9-13(18)3-8-16(12)23-11-17(20)21/h3-10H,2,11H2,1H3,(H,20,21). The SMILES string of the molecule is CCOc1ccc(N=Cc2cc(Br)ccc2OCC(=O)O)cc1. The van der Waals surface area contributed by atoms with Crippen molar-refractivity contribution in [3.63, 3.8) is 0 Å². The largest absolute Gasteiger partial charge is 0.494 e. The van der Waals surface area contributed by atoms with Gasteiger partial charge in [-0.1, -0.05) is 15.9 Å². The molecule has 2 rings (SSSR count). The molecular formula is C17H16BrNO4. The molecule has 0 heterocycles. The second kappa shape index (κ2) is 8.33. The number of carboxylic acids is 1. The predicted molar refractivity (Wildman–Crippen MR) is 92.1 cm³/mol. The van der Waals surface area contributed by atoms with Gasteiger partial charge in [-0.2, -0.15) is 0 Å². The number of benzene rings is 2. The van der Waals surface area contributed by atoms with E-state index in [4.69, 9.17) is 14.6 Å². The molecule has 2 aromatic carbocycles. The van der Waals surface area contributed by atoms with Crippen LogP contribution in [0.5, 0.6) is 11.5 Å². The molecule has 0 aliphatic rings. The Balaban J connectivity index is 2.17. The van der Waals surface area contributed by atoms with Crippen LogP contribution in [0.2, 0.25) is 0 Å². The molecule has 0 amide bonds. The molecule has 0 radical (unpaired) electrons. The highest BCUT2D eigenvalue weighted by Gasteiger charge is 2.05. The van der Waals surface area contributed by atoms with Crippen LogP contribution in [0.1, 0.15) is 12.5 Å². The van der Waals surface area contributed by atoms with Crippen LogP contribution < -0.4 is 9.47 Å². The summed E-state index contributed by atoms with van der Waals surface area (Å²) in [5.41, 5.74) is 1.45. The fourth-order valence-electron chi connectivity index (χ4n) is 1.83. The van der Waals surface area contributed by atoms with Crippen molar-refractivity contribution >= 4 is 33.8 Å². The quantitative estimate of drug-likeness (QED) is 0.738. The van der Waals surface area contributed by atoms with E-state index in [-0.39, 0.29) is 0 Å². The number of aliphatic carboxylic acids is 1. The molecular weight excluding hydrogens is 362 g/mol. The zero-order valence-electron chi connectivity index (χ0n) is 12.5. The van der Waals surface area contributed by atoms with Crippen molar-refractivity contribution in [1.82, 2.24) is 0 Å². The van der Waals surface area contributed by atoms with Gasteiger partial charge in [0.25, 0.3) is 0 Å². The van der Waals surface area contributed by atoms with Gasteiger partial charge in [0.1, 0.15) is 11.5 Å². The highest BCUT2D eigenvalue weighted by molar-refractivity contribution is 9.10. The number of carboxylic acid groups (broad SMARTS) is 1. The number of ether oxygens (including phenoxy) is 2. The molecule has 0 fully saturated rings. The van der Waals surface area contributed by atoms with Crippen LogP contribution in [0.15, 0.2) is 51.9 Å². The number of hydrogen-bond donors (Lipinski definition) is 1. The first-order chi connectivity index (χ1) is 11.1. The molecule has 0 aliphatic heterocycles. The molecule has 0 saturated heterocycles. The van der Waals surface area contributed by atoms with Gasteiger partial charge in [-0.05, 0) is 49.4 Å². The van der Waals surface area contributed by atoms with Crippen LogP contribution >= 0.6 is 15.9 Å². The zero-order chi connectivity index (χ0) is 16.7. The summed E-state index contributed by atoms with van der Waals surface area (Å²) < 4.78 is 11.5. The summed E-state index contributed by atoms with van der Waals surface area (Å²) in [6, 6.07) is 12.7. The lowest BCUT2D eigenvalue weighted by Crippen LogP contribution is -2.10. The smallest absolute Gasteiger partial charge is 0.341 e. The molecule has 1 N–H and O–H groups in total. The van der Waals surface area contributed by atoms with Gasteiger partial charge in [0.05, 0.1) is 12.3 Å². The van der Waals surface area contributed by atoms with Gasteiger partial charge < -0.3 is 14.6 Å². The van der Waals surface area contributed by atoms with E-state index in [9.17, 15) is 4.79 Å². The van der Waals surface area contributed by atoms with E-state index in [0.717, 1.165) is 15.9 Å². The van der Waals surface area contributed by atoms with Crippen molar-refractivity contribution in [3.05, 3.63) is 52.5 Å². The van der Waals surface area contributed by atoms with Crippen LogP contribution in [0.25, 0.3) is 0 Å². The first-order valence-electron chi connectivity index (χ1n) is 6.99. The highest BCUT2D eigenvalue weighted by Crippen LogP contribution is 2.23. The Morgan fingerprint density at radius 3 is 2.61 bits per heavy atom. The van der Waals surface area contributed by atoms with Crippen molar-refractivity contribution < 1.29 is 19.4 Å². The van der Waals surface area contributed by atoms with Gasteiger partial charge in [-0.15, -0.1) is 0 Å². The second-order valence-electron chi connectivity index (χ2n) is 4.55. The van der Waals surface area contributed by atoms with E-state index in [1.54, 1.807) is 18.3 Å². The maximum absolute atomic E-state index is 10.6. The molecule has 0 aliphatic carbocycles. The minimum absolute atomic E-state index is 0.397. The minimum Gasteiger partial charge on any atom is -0.494 e. The molecule has 120 valence electrons. The first-order valence-corrected chi connectivity index (χ1v) is 7.79. The third kappa shape index (κ3) is 5.41. The zero-order valence-corrected chi connectivity index (χ0v) is 14.1. The van der Waals surface area contributed by atoms with Gasteiger partial charge in [0, 0.05) is 16.3 Å². The van der Waals surface area contributed by atoms with Crippen molar-refractivity contribution in [3.8, 4) is 11.5 Å². The Labute approximate surface area is 142 Å². The summed E-state index contributed by atoms with van der Waals surface area (Å²) in [7, 11) is 0. The molecule has 0 bridgehead atoms. The Kier molecular flexibility index (Phi) is 6.17. The van der Waals surface area contributed by atoms with Crippen LogP contribution in [-0.2, 0) is 4.79 Å². The van der Waals surface area contributed by atoms with E-state index < -0.39 is 12.6 Å². The monoisotopic (exact) mass is 377 g/mol. The predicted octanol–water partition coefficient (Wildman–Crippen LogP) is 4.06. The number of halogens is 1. The van der Waals surface area contributed by atoms with Gasteiger partial charge in [0.15, 0.2) is 6.61 Å². The summed E-state index contributed by atoms with van der Waals surface area (Å²) >= 11 is 3.38. The van der Waals surface area contributed by atoms with Crippen LogP contribution in [-0.4, -0.2) is 30.5 Å². The molecule has 5 nitrogen and oxygen atoms in total. The fourth-order valence-corrected chi connectivity index (χ4v) is 2.21. The lowest BCUT2D eigenvalue weighted by molar-refractivity contribution is -0.139. The summed E-state index contributed by atoms with van der Waals surface area (Å²) in [4.78, 5) is 15.0.